The number of amides is 1. The predicted molar refractivity (Wildman–Crippen MR) is 114 cm³/mol. The highest BCUT2D eigenvalue weighted by atomic mass is 16.5. The Bertz CT molecular complexity index is 969. The summed E-state index contributed by atoms with van der Waals surface area (Å²) in [6.45, 7) is 4.33. The third kappa shape index (κ3) is 4.04. The normalized spacial score (nSPS) is 20.1. The number of pyridine rings is 1. The Morgan fingerprint density at radius 2 is 1.97 bits per heavy atom. The lowest BCUT2D eigenvalue weighted by atomic mass is 10.1. The van der Waals surface area contributed by atoms with Crippen LogP contribution in [-0.4, -0.2) is 59.2 Å². The SMILES string of the molecule is CC[C@H]1COC[C@H](CCNC(=O)c2cn(-c3ccccn3)c3ccccc23)N1C. The number of hydrogen-bond acceptors (Lipinski definition) is 4. The van der Waals surface area contributed by atoms with E-state index < -0.39 is 0 Å². The van der Waals surface area contributed by atoms with Crippen molar-refractivity contribution in [1.29, 1.82) is 0 Å². The fourth-order valence-corrected chi connectivity index (χ4v) is 4.06. The summed E-state index contributed by atoms with van der Waals surface area (Å²) in [4.78, 5) is 19.8. The molecule has 2 aromatic heterocycles. The Balaban J connectivity index is 1.48. The number of aromatic nitrogens is 2. The van der Waals surface area contributed by atoms with Crippen LogP contribution in [-0.2, 0) is 4.74 Å². The van der Waals surface area contributed by atoms with Crippen LogP contribution >= 0.6 is 0 Å². The average Bonchev–Trinajstić information content (AvgIpc) is 3.15. The largest absolute Gasteiger partial charge is 0.378 e. The van der Waals surface area contributed by atoms with Crippen LogP contribution in [0.15, 0.2) is 54.9 Å². The number of morpholine rings is 1. The lowest BCUT2D eigenvalue weighted by Gasteiger charge is -2.39. The molecule has 1 amide bonds. The first kappa shape index (κ1) is 19.6. The lowest BCUT2D eigenvalue weighted by Crippen LogP contribution is -2.50. The van der Waals surface area contributed by atoms with Crippen LogP contribution in [0, 0.1) is 0 Å². The lowest BCUT2D eigenvalue weighted by molar-refractivity contribution is -0.0389. The van der Waals surface area contributed by atoms with Gasteiger partial charge in [0.05, 0.1) is 24.3 Å². The van der Waals surface area contributed by atoms with Crippen molar-refractivity contribution >= 4 is 16.8 Å². The standard InChI is InChI=1S/C23H28N4O2/c1-3-17-15-29-16-18(26(17)2)11-13-25-23(28)20-14-27(22-10-6-7-12-24-22)21-9-5-4-8-19(20)21/h4-10,12,14,17-18H,3,11,13,15-16H2,1-2H3,(H,25,28)/t17-,18-/m0/s1. The molecular formula is C23H28N4O2. The third-order valence-electron chi connectivity index (χ3n) is 5.86. The van der Waals surface area contributed by atoms with Gasteiger partial charge in [-0.05, 0) is 38.1 Å². The number of carbonyl (C=O) groups excluding carboxylic acids is 1. The molecule has 3 heterocycles. The zero-order valence-electron chi connectivity index (χ0n) is 17.0. The zero-order chi connectivity index (χ0) is 20.2. The Labute approximate surface area is 171 Å². The van der Waals surface area contributed by atoms with Crippen LogP contribution in [0.4, 0.5) is 0 Å². The number of hydrogen-bond donors (Lipinski definition) is 1. The number of fused-ring (bicyclic) bond motifs is 1. The van der Waals surface area contributed by atoms with Crippen LogP contribution < -0.4 is 5.32 Å². The highest BCUT2D eigenvalue weighted by Crippen LogP contribution is 2.24. The molecule has 0 spiro atoms. The molecule has 3 aromatic rings. The minimum atomic E-state index is -0.0534. The van der Waals surface area contributed by atoms with Crippen molar-refractivity contribution < 1.29 is 9.53 Å². The fourth-order valence-electron chi connectivity index (χ4n) is 4.06. The summed E-state index contributed by atoms with van der Waals surface area (Å²) in [6.07, 6.45) is 5.59. The van der Waals surface area contributed by atoms with E-state index in [-0.39, 0.29) is 5.91 Å². The maximum Gasteiger partial charge on any atom is 0.253 e. The summed E-state index contributed by atoms with van der Waals surface area (Å²) in [5.74, 6) is 0.747. The Morgan fingerprint density at radius 3 is 2.76 bits per heavy atom. The first-order chi connectivity index (χ1) is 14.2. The van der Waals surface area contributed by atoms with Gasteiger partial charge in [0.25, 0.3) is 5.91 Å². The van der Waals surface area contributed by atoms with Crippen molar-refractivity contribution in [2.24, 2.45) is 0 Å². The van der Waals surface area contributed by atoms with Gasteiger partial charge in [0.1, 0.15) is 5.82 Å². The molecular weight excluding hydrogens is 364 g/mol. The topological polar surface area (TPSA) is 59.4 Å². The summed E-state index contributed by atoms with van der Waals surface area (Å²) in [5, 5.41) is 4.03. The molecule has 0 aliphatic carbocycles. The number of para-hydroxylation sites is 1. The molecule has 6 heteroatoms. The number of likely N-dealkylation sites (N-methyl/N-ethyl adjacent to an activating group) is 1. The molecule has 2 atom stereocenters. The smallest absolute Gasteiger partial charge is 0.253 e. The van der Waals surface area contributed by atoms with E-state index in [4.69, 9.17) is 4.74 Å². The van der Waals surface area contributed by atoms with Gasteiger partial charge < -0.3 is 14.6 Å². The van der Waals surface area contributed by atoms with E-state index >= 15 is 0 Å². The maximum atomic E-state index is 13.0. The molecule has 4 rings (SSSR count). The van der Waals surface area contributed by atoms with Gasteiger partial charge in [0, 0.05) is 36.4 Å². The molecule has 0 bridgehead atoms. The number of ether oxygens (including phenoxy) is 1. The van der Waals surface area contributed by atoms with Gasteiger partial charge in [-0.15, -0.1) is 0 Å². The first-order valence-corrected chi connectivity index (χ1v) is 10.3. The molecule has 29 heavy (non-hydrogen) atoms. The second-order valence-corrected chi connectivity index (χ2v) is 7.58. The number of nitrogens with zero attached hydrogens (tertiary/aromatic N) is 3. The summed E-state index contributed by atoms with van der Waals surface area (Å²) < 4.78 is 7.71. The van der Waals surface area contributed by atoms with E-state index in [0.717, 1.165) is 42.8 Å². The Morgan fingerprint density at radius 1 is 1.17 bits per heavy atom. The van der Waals surface area contributed by atoms with Gasteiger partial charge in [0.15, 0.2) is 0 Å². The summed E-state index contributed by atoms with van der Waals surface area (Å²) in [6, 6.07) is 14.5. The van der Waals surface area contributed by atoms with Crippen molar-refractivity contribution in [2.45, 2.75) is 31.8 Å². The van der Waals surface area contributed by atoms with E-state index in [1.165, 1.54) is 0 Å². The van der Waals surface area contributed by atoms with Crippen LogP contribution in [0.3, 0.4) is 0 Å². The van der Waals surface area contributed by atoms with Crippen molar-refractivity contribution in [3.8, 4) is 5.82 Å². The van der Waals surface area contributed by atoms with Crippen LogP contribution in [0.5, 0.6) is 0 Å². The molecule has 0 saturated carbocycles. The van der Waals surface area contributed by atoms with Crippen LogP contribution in [0.1, 0.15) is 30.1 Å². The first-order valence-electron chi connectivity index (χ1n) is 10.3. The molecule has 1 aliphatic rings. The average molecular weight is 393 g/mol. The molecule has 1 fully saturated rings. The van der Waals surface area contributed by atoms with Gasteiger partial charge in [0.2, 0.25) is 0 Å². The van der Waals surface area contributed by atoms with E-state index in [1.807, 2.05) is 53.2 Å². The van der Waals surface area contributed by atoms with Crippen molar-refractivity contribution in [1.82, 2.24) is 19.8 Å². The van der Waals surface area contributed by atoms with Gasteiger partial charge in [-0.1, -0.05) is 31.2 Å². The molecule has 1 saturated heterocycles. The van der Waals surface area contributed by atoms with Crippen LogP contribution in [0.2, 0.25) is 0 Å². The fraction of sp³-hybridized carbons (Fsp3) is 0.391. The van der Waals surface area contributed by atoms with Crippen molar-refractivity contribution in [2.75, 3.05) is 26.8 Å². The molecule has 0 radical (unpaired) electrons. The minimum Gasteiger partial charge on any atom is -0.378 e. The molecule has 1 N–H and O–H groups in total. The van der Waals surface area contributed by atoms with Crippen molar-refractivity contribution in [3.05, 3.63) is 60.4 Å². The monoisotopic (exact) mass is 392 g/mol. The summed E-state index contributed by atoms with van der Waals surface area (Å²) in [5.41, 5.74) is 1.65. The quantitative estimate of drug-likeness (QED) is 0.700. The highest BCUT2D eigenvalue weighted by Gasteiger charge is 2.26. The number of nitrogens with one attached hydrogen (secondary N) is 1. The number of benzene rings is 1. The zero-order valence-corrected chi connectivity index (χ0v) is 17.0. The summed E-state index contributed by atoms with van der Waals surface area (Å²) >= 11 is 0. The minimum absolute atomic E-state index is 0.0534. The van der Waals surface area contributed by atoms with Gasteiger partial charge in [-0.2, -0.15) is 0 Å². The van der Waals surface area contributed by atoms with E-state index in [9.17, 15) is 4.79 Å². The molecule has 0 unspecified atom stereocenters. The number of carbonyl (C=O) groups is 1. The molecule has 1 aromatic carbocycles. The predicted octanol–water partition coefficient (Wildman–Crippen LogP) is 3.25. The molecule has 152 valence electrons. The van der Waals surface area contributed by atoms with E-state index in [0.29, 0.717) is 24.2 Å². The maximum absolute atomic E-state index is 13.0. The van der Waals surface area contributed by atoms with E-state index in [1.54, 1.807) is 6.20 Å². The molecule has 1 aliphatic heterocycles. The summed E-state index contributed by atoms with van der Waals surface area (Å²) in [7, 11) is 2.16. The molecule has 6 nitrogen and oxygen atoms in total. The third-order valence-corrected chi connectivity index (χ3v) is 5.86. The second-order valence-electron chi connectivity index (χ2n) is 7.58. The highest BCUT2D eigenvalue weighted by molar-refractivity contribution is 6.07. The van der Waals surface area contributed by atoms with Crippen LogP contribution in [0.25, 0.3) is 16.7 Å². The van der Waals surface area contributed by atoms with Gasteiger partial charge in [-0.3, -0.25) is 9.69 Å². The van der Waals surface area contributed by atoms with Crippen molar-refractivity contribution in [3.63, 3.8) is 0 Å². The Kier molecular flexibility index (Phi) is 5.92. The Hall–Kier alpha value is -2.70. The van der Waals surface area contributed by atoms with E-state index in [2.05, 4.69) is 29.2 Å². The second kappa shape index (κ2) is 8.76. The number of rotatable bonds is 6. The van der Waals surface area contributed by atoms with Gasteiger partial charge >= 0.3 is 0 Å². The van der Waals surface area contributed by atoms with Gasteiger partial charge in [-0.25, -0.2) is 4.98 Å².